The van der Waals surface area contributed by atoms with Gasteiger partial charge in [-0.1, -0.05) is 13.8 Å². The number of carboxylic acids is 1. The van der Waals surface area contributed by atoms with E-state index in [0.29, 0.717) is 13.1 Å². The second kappa shape index (κ2) is 6.43. The van der Waals surface area contributed by atoms with Crippen molar-refractivity contribution >= 4 is 27.3 Å². The molecule has 2 rings (SSSR count). The normalized spacial score (nSPS) is 20.2. The van der Waals surface area contributed by atoms with Gasteiger partial charge in [-0.2, -0.15) is 4.31 Å². The Morgan fingerprint density at radius 2 is 2.10 bits per heavy atom. The van der Waals surface area contributed by atoms with E-state index in [1.807, 2.05) is 0 Å². The minimum atomic E-state index is -3.57. The maximum Gasteiger partial charge on any atom is 0.345 e. The van der Waals surface area contributed by atoms with Crippen LogP contribution in [0.5, 0.6) is 0 Å². The zero-order valence-corrected chi connectivity index (χ0v) is 13.8. The number of likely N-dealkylation sites (N-methyl/N-ethyl adjacent to an activating group) is 1. The van der Waals surface area contributed by atoms with Gasteiger partial charge < -0.3 is 5.11 Å². The summed E-state index contributed by atoms with van der Waals surface area (Å²) in [6.45, 7) is 6.90. The molecular formula is C13H20N2O4S2. The molecule has 0 aromatic carbocycles. The molecular weight excluding hydrogens is 312 g/mol. The van der Waals surface area contributed by atoms with Crippen LogP contribution < -0.4 is 0 Å². The van der Waals surface area contributed by atoms with Crippen molar-refractivity contribution in [2.24, 2.45) is 0 Å². The first kappa shape index (κ1) is 16.4. The van der Waals surface area contributed by atoms with Gasteiger partial charge in [0.15, 0.2) is 0 Å². The Morgan fingerprint density at radius 1 is 1.43 bits per heavy atom. The smallest absolute Gasteiger partial charge is 0.345 e. The molecule has 1 aromatic rings. The average Bonchev–Trinajstić information content (AvgIpc) is 3.10. The number of carbonyl (C=O) groups is 1. The van der Waals surface area contributed by atoms with E-state index in [4.69, 9.17) is 5.11 Å². The number of rotatable bonds is 6. The fourth-order valence-electron chi connectivity index (χ4n) is 2.67. The molecule has 1 fully saturated rings. The Morgan fingerprint density at radius 3 is 2.62 bits per heavy atom. The van der Waals surface area contributed by atoms with E-state index in [2.05, 4.69) is 18.7 Å². The molecule has 1 aliphatic rings. The van der Waals surface area contributed by atoms with Gasteiger partial charge in [0.25, 0.3) is 10.0 Å². The maximum atomic E-state index is 12.5. The number of hydrogen-bond donors (Lipinski definition) is 1. The zero-order valence-electron chi connectivity index (χ0n) is 12.2. The summed E-state index contributed by atoms with van der Waals surface area (Å²) in [5.41, 5.74) is 0. The van der Waals surface area contributed by atoms with E-state index in [1.54, 1.807) is 0 Å². The molecule has 0 radical (unpaired) electrons. The first-order chi connectivity index (χ1) is 9.90. The Hall–Kier alpha value is -0.960. The lowest BCUT2D eigenvalue weighted by molar-refractivity contribution is 0.0702. The van der Waals surface area contributed by atoms with Crippen LogP contribution in [0.2, 0.25) is 0 Å². The molecule has 1 N–H and O–H groups in total. The molecule has 8 heteroatoms. The predicted molar refractivity (Wildman–Crippen MR) is 81.4 cm³/mol. The molecule has 6 nitrogen and oxygen atoms in total. The monoisotopic (exact) mass is 332 g/mol. The highest BCUT2D eigenvalue weighted by Gasteiger charge is 2.35. The molecule has 1 aromatic heterocycles. The fourth-order valence-corrected chi connectivity index (χ4v) is 5.46. The topological polar surface area (TPSA) is 77.9 Å². The number of hydrogen-bond acceptors (Lipinski definition) is 5. The second-order valence-corrected chi connectivity index (χ2v) is 8.20. The Balaban J connectivity index is 2.15. The third-order valence-corrected chi connectivity index (χ3v) is 7.25. The van der Waals surface area contributed by atoms with Gasteiger partial charge in [0.05, 0.1) is 0 Å². The van der Waals surface area contributed by atoms with E-state index in [9.17, 15) is 13.2 Å². The van der Waals surface area contributed by atoms with Crippen molar-refractivity contribution in [3.05, 3.63) is 17.0 Å². The summed E-state index contributed by atoms with van der Waals surface area (Å²) in [5, 5.41) is 8.90. The predicted octanol–water partition coefficient (Wildman–Crippen LogP) is 1.55. The highest BCUT2D eigenvalue weighted by molar-refractivity contribution is 7.91. The number of nitrogens with zero attached hydrogens (tertiary/aromatic N) is 2. The first-order valence-electron chi connectivity index (χ1n) is 6.97. The summed E-state index contributed by atoms with van der Waals surface area (Å²) in [7, 11) is -3.57. The van der Waals surface area contributed by atoms with Crippen LogP contribution in [0.25, 0.3) is 0 Å². The molecule has 118 valence electrons. The highest BCUT2D eigenvalue weighted by atomic mass is 32.2. The molecule has 0 bridgehead atoms. The third-order valence-electron chi connectivity index (χ3n) is 3.84. The second-order valence-electron chi connectivity index (χ2n) is 4.95. The van der Waals surface area contributed by atoms with Gasteiger partial charge in [0.1, 0.15) is 9.09 Å². The lowest BCUT2D eigenvalue weighted by atomic mass is 10.2. The molecule has 1 aliphatic heterocycles. The van der Waals surface area contributed by atoms with Crippen LogP contribution in [-0.2, 0) is 10.0 Å². The van der Waals surface area contributed by atoms with Gasteiger partial charge in [-0.15, -0.1) is 11.3 Å². The van der Waals surface area contributed by atoms with Gasteiger partial charge in [-0.3, -0.25) is 4.90 Å². The Labute approximate surface area is 129 Å². The van der Waals surface area contributed by atoms with Crippen LogP contribution in [0.1, 0.15) is 29.9 Å². The van der Waals surface area contributed by atoms with Crippen LogP contribution in [0.3, 0.4) is 0 Å². The number of aromatic carboxylic acids is 1. The highest BCUT2D eigenvalue weighted by Crippen LogP contribution is 2.28. The number of thiophene rings is 1. The van der Waals surface area contributed by atoms with E-state index in [0.717, 1.165) is 30.8 Å². The molecule has 0 spiro atoms. The van der Waals surface area contributed by atoms with Crippen molar-refractivity contribution in [2.75, 3.05) is 26.2 Å². The molecule has 21 heavy (non-hydrogen) atoms. The largest absolute Gasteiger partial charge is 0.477 e. The SMILES string of the molecule is CCN(CC)C1CCN(S(=O)(=O)c2ccc(C(=O)O)s2)C1. The third kappa shape index (κ3) is 3.28. The molecule has 0 aliphatic carbocycles. The van der Waals surface area contributed by atoms with Gasteiger partial charge in [0.2, 0.25) is 0 Å². The summed E-state index contributed by atoms with van der Waals surface area (Å²) in [5.74, 6) is -1.09. The van der Waals surface area contributed by atoms with Crippen LogP contribution in [0.4, 0.5) is 0 Å². The van der Waals surface area contributed by atoms with Crippen molar-refractivity contribution in [1.29, 1.82) is 0 Å². The van der Waals surface area contributed by atoms with Crippen molar-refractivity contribution in [3.8, 4) is 0 Å². The zero-order chi connectivity index (χ0) is 15.6. The van der Waals surface area contributed by atoms with E-state index >= 15 is 0 Å². The molecule has 2 heterocycles. The van der Waals surface area contributed by atoms with E-state index < -0.39 is 16.0 Å². The van der Waals surface area contributed by atoms with Gasteiger partial charge in [-0.05, 0) is 31.6 Å². The molecule has 0 amide bonds. The minimum absolute atomic E-state index is 0.0491. The van der Waals surface area contributed by atoms with Crippen LogP contribution >= 0.6 is 11.3 Å². The van der Waals surface area contributed by atoms with Gasteiger partial charge in [-0.25, -0.2) is 13.2 Å². The van der Waals surface area contributed by atoms with Crippen LogP contribution in [0, 0.1) is 0 Å². The minimum Gasteiger partial charge on any atom is -0.477 e. The maximum absolute atomic E-state index is 12.5. The summed E-state index contributed by atoms with van der Waals surface area (Å²) >= 11 is 0.813. The molecule has 1 unspecified atom stereocenters. The van der Waals surface area contributed by atoms with Crippen molar-refractivity contribution in [1.82, 2.24) is 9.21 Å². The van der Waals surface area contributed by atoms with Crippen molar-refractivity contribution in [2.45, 2.75) is 30.5 Å². The van der Waals surface area contributed by atoms with E-state index in [-0.39, 0.29) is 15.1 Å². The molecule has 1 saturated heterocycles. The van der Waals surface area contributed by atoms with Crippen molar-refractivity contribution in [3.63, 3.8) is 0 Å². The van der Waals surface area contributed by atoms with E-state index in [1.165, 1.54) is 16.4 Å². The van der Waals surface area contributed by atoms with Crippen molar-refractivity contribution < 1.29 is 18.3 Å². The summed E-state index contributed by atoms with van der Waals surface area (Å²) < 4.78 is 26.7. The Kier molecular flexibility index (Phi) is 5.03. The number of sulfonamides is 1. The Bertz CT molecular complexity index is 607. The van der Waals surface area contributed by atoms with Gasteiger partial charge in [0, 0.05) is 19.1 Å². The standard InChI is InChI=1S/C13H20N2O4S2/c1-3-14(4-2)10-7-8-15(9-10)21(18,19)12-6-5-11(20-12)13(16)17/h5-6,10H,3-4,7-9H2,1-2H3,(H,16,17). The first-order valence-corrected chi connectivity index (χ1v) is 9.23. The summed E-state index contributed by atoms with van der Waals surface area (Å²) in [4.78, 5) is 13.2. The lowest BCUT2D eigenvalue weighted by Gasteiger charge is -2.25. The van der Waals surface area contributed by atoms with Crippen LogP contribution in [0.15, 0.2) is 16.3 Å². The average molecular weight is 332 g/mol. The number of carboxylic acid groups (broad SMARTS) is 1. The summed E-state index contributed by atoms with van der Waals surface area (Å²) in [6, 6.07) is 2.97. The van der Waals surface area contributed by atoms with Gasteiger partial charge >= 0.3 is 5.97 Å². The van der Waals surface area contributed by atoms with Crippen LogP contribution in [-0.4, -0.2) is 60.9 Å². The quantitative estimate of drug-likeness (QED) is 0.855. The fraction of sp³-hybridized carbons (Fsp3) is 0.615. The molecule has 1 atom stereocenters. The molecule has 0 saturated carbocycles. The summed E-state index contributed by atoms with van der Waals surface area (Å²) in [6.07, 6.45) is 0.818. The lowest BCUT2D eigenvalue weighted by Crippen LogP contribution is -2.38.